The van der Waals surface area contributed by atoms with Crippen molar-refractivity contribution in [3.05, 3.63) is 57.0 Å². The monoisotopic (exact) mass is 582 g/mol. The van der Waals surface area contributed by atoms with Crippen molar-refractivity contribution < 1.29 is 23.9 Å². The van der Waals surface area contributed by atoms with Crippen LogP contribution >= 0.6 is 0 Å². The van der Waals surface area contributed by atoms with E-state index in [2.05, 4.69) is 20.7 Å². The van der Waals surface area contributed by atoms with Crippen molar-refractivity contribution in [2.45, 2.75) is 51.2 Å². The molecule has 0 radical (unpaired) electrons. The summed E-state index contributed by atoms with van der Waals surface area (Å²) < 4.78 is 15.0. The van der Waals surface area contributed by atoms with Crippen molar-refractivity contribution in [3.8, 4) is 5.75 Å². The first-order valence-electron chi connectivity index (χ1n) is 13.7. The number of carbonyl (C=O) groups is 3. The average molecular weight is 583 g/mol. The SMILES string of the molecule is Cc1cc(CNC(=O)c2nc3n(c(=O)c2O)CC2(CN4CN=CN4)CCC3(N(C)C(=O)C(=O)N(C)C)CC2)ccc1F. The zero-order valence-corrected chi connectivity index (χ0v) is 24.1. The van der Waals surface area contributed by atoms with Gasteiger partial charge in [0.25, 0.3) is 11.5 Å². The molecule has 0 saturated heterocycles. The number of hydrogen-bond donors (Lipinski definition) is 3. The summed E-state index contributed by atoms with van der Waals surface area (Å²) in [5.74, 6) is -3.32. The van der Waals surface area contributed by atoms with Crippen LogP contribution in [0.1, 0.15) is 53.1 Å². The van der Waals surface area contributed by atoms with E-state index in [1.165, 1.54) is 47.6 Å². The van der Waals surface area contributed by atoms with Gasteiger partial charge in [0.05, 0.1) is 6.34 Å². The van der Waals surface area contributed by atoms with E-state index in [1.807, 2.05) is 5.01 Å². The molecule has 1 aromatic heterocycles. The van der Waals surface area contributed by atoms with Crippen molar-refractivity contribution in [2.75, 3.05) is 34.4 Å². The fourth-order valence-corrected chi connectivity index (χ4v) is 6.22. The van der Waals surface area contributed by atoms with Crippen molar-refractivity contribution in [1.82, 2.24) is 35.1 Å². The molecule has 1 saturated carbocycles. The van der Waals surface area contributed by atoms with Crippen LogP contribution in [0.5, 0.6) is 5.75 Å². The van der Waals surface area contributed by atoms with E-state index >= 15 is 0 Å². The molecule has 3 N–H and O–H groups in total. The third kappa shape index (κ3) is 4.99. The Kier molecular flexibility index (Phi) is 7.51. The van der Waals surface area contributed by atoms with Gasteiger partial charge in [-0.05, 0) is 49.8 Å². The minimum Gasteiger partial charge on any atom is -0.501 e. The Morgan fingerprint density at radius 2 is 1.86 bits per heavy atom. The molecule has 1 fully saturated rings. The zero-order chi connectivity index (χ0) is 30.4. The number of benzene rings is 1. The lowest BCUT2D eigenvalue weighted by atomic mass is 9.67. The quantitative estimate of drug-likeness (QED) is 0.415. The number of carbonyl (C=O) groups excluding carboxylic acids is 3. The van der Waals surface area contributed by atoms with E-state index in [1.54, 1.807) is 19.3 Å². The summed E-state index contributed by atoms with van der Waals surface area (Å²) in [6.07, 6.45) is 3.56. The van der Waals surface area contributed by atoms with E-state index in [9.17, 15) is 28.7 Å². The average Bonchev–Trinajstić information content (AvgIpc) is 3.38. The molecule has 4 aliphatic rings. The summed E-state index contributed by atoms with van der Waals surface area (Å²) in [6.45, 7) is 2.80. The van der Waals surface area contributed by atoms with Crippen LogP contribution in [-0.2, 0) is 28.2 Å². The van der Waals surface area contributed by atoms with Gasteiger partial charge in [0, 0.05) is 46.2 Å². The standard InChI is InChI=1S/C28H35FN8O5/c1-17-11-18(5-6-19(17)29)12-31-22(39)20-21(38)23(40)37-14-27(13-36-16-30-15-32-36)7-9-28(10-8-27,26(37)33-20)35(4)25(42)24(41)34(2)3/h5-6,11,15,38H,7-10,12-14,16H2,1-4H3,(H,30,32)(H,31,39). The van der Waals surface area contributed by atoms with Crippen LogP contribution in [0.4, 0.5) is 4.39 Å². The van der Waals surface area contributed by atoms with Crippen molar-refractivity contribution in [1.29, 1.82) is 0 Å². The predicted molar refractivity (Wildman–Crippen MR) is 150 cm³/mol. The highest BCUT2D eigenvalue weighted by Crippen LogP contribution is 2.52. The molecule has 2 bridgehead atoms. The van der Waals surface area contributed by atoms with Gasteiger partial charge in [0.2, 0.25) is 5.75 Å². The first-order valence-corrected chi connectivity index (χ1v) is 13.7. The maximum atomic E-state index is 13.7. The van der Waals surface area contributed by atoms with Crippen LogP contribution in [0.2, 0.25) is 0 Å². The summed E-state index contributed by atoms with van der Waals surface area (Å²) >= 11 is 0. The number of hydrazine groups is 1. The van der Waals surface area contributed by atoms with Crippen molar-refractivity contribution in [2.24, 2.45) is 10.4 Å². The number of nitrogens with zero attached hydrogens (tertiary/aromatic N) is 6. The van der Waals surface area contributed by atoms with Crippen LogP contribution in [0.15, 0.2) is 28.0 Å². The van der Waals surface area contributed by atoms with Gasteiger partial charge in [-0.15, -0.1) is 0 Å². The van der Waals surface area contributed by atoms with E-state index in [0.717, 1.165) is 0 Å². The van der Waals surface area contributed by atoms with Gasteiger partial charge in [-0.2, -0.15) is 0 Å². The van der Waals surface area contributed by atoms with Gasteiger partial charge < -0.3 is 25.6 Å². The Morgan fingerprint density at radius 1 is 1.14 bits per heavy atom. The lowest BCUT2D eigenvalue weighted by molar-refractivity contribution is -0.155. The van der Waals surface area contributed by atoms with Crippen molar-refractivity contribution >= 4 is 24.1 Å². The van der Waals surface area contributed by atoms with Crippen LogP contribution in [0, 0.1) is 18.2 Å². The van der Waals surface area contributed by atoms with E-state index in [4.69, 9.17) is 0 Å². The lowest BCUT2D eigenvalue weighted by Gasteiger charge is -2.47. The number of likely N-dealkylation sites (N-methyl/N-ethyl adjacent to an activating group) is 2. The molecule has 0 unspecified atom stereocenters. The molecule has 1 aromatic carbocycles. The summed E-state index contributed by atoms with van der Waals surface area (Å²) in [7, 11) is 4.48. The van der Waals surface area contributed by atoms with Crippen LogP contribution in [0.25, 0.3) is 0 Å². The van der Waals surface area contributed by atoms with Gasteiger partial charge in [-0.3, -0.25) is 28.7 Å². The molecule has 13 nitrogen and oxygen atoms in total. The van der Waals surface area contributed by atoms with E-state index in [-0.39, 0.29) is 24.7 Å². The van der Waals surface area contributed by atoms with Crippen molar-refractivity contribution in [3.63, 3.8) is 0 Å². The highest BCUT2D eigenvalue weighted by atomic mass is 19.1. The van der Waals surface area contributed by atoms with Crippen LogP contribution in [-0.4, -0.2) is 87.9 Å². The second-order valence-electron chi connectivity index (χ2n) is 11.7. The predicted octanol–water partition coefficient (Wildman–Crippen LogP) is 0.448. The number of nitrogens with one attached hydrogen (secondary N) is 2. The Morgan fingerprint density at radius 3 is 2.48 bits per heavy atom. The number of aryl methyl sites for hydroxylation is 1. The van der Waals surface area contributed by atoms with Crippen LogP contribution in [0.3, 0.4) is 0 Å². The fourth-order valence-electron chi connectivity index (χ4n) is 6.22. The number of aromatic nitrogens is 2. The molecule has 1 aliphatic carbocycles. The normalized spacial score (nSPS) is 22.7. The fraction of sp³-hybridized carbons (Fsp3) is 0.500. The smallest absolute Gasteiger partial charge is 0.312 e. The molecule has 42 heavy (non-hydrogen) atoms. The number of amides is 3. The van der Waals surface area contributed by atoms with E-state index in [0.29, 0.717) is 50.0 Å². The second-order valence-corrected chi connectivity index (χ2v) is 11.7. The minimum atomic E-state index is -1.17. The molecule has 4 heterocycles. The molecular formula is C28H35FN8O5. The van der Waals surface area contributed by atoms with Crippen LogP contribution < -0.4 is 16.3 Å². The molecule has 0 atom stereocenters. The Labute approximate surface area is 242 Å². The number of aliphatic imine (C=N–C) groups is 1. The lowest BCUT2D eigenvalue weighted by Crippen LogP contribution is -2.55. The highest BCUT2D eigenvalue weighted by Gasteiger charge is 2.55. The van der Waals surface area contributed by atoms with Gasteiger partial charge >= 0.3 is 11.8 Å². The minimum absolute atomic E-state index is 0.00831. The Balaban J connectivity index is 1.56. The summed E-state index contributed by atoms with van der Waals surface area (Å²) in [5.41, 5.74) is 1.25. The molecule has 3 amide bonds. The van der Waals surface area contributed by atoms with Gasteiger partial charge in [-0.25, -0.2) is 14.4 Å². The molecule has 14 heteroatoms. The first kappa shape index (κ1) is 29.2. The third-order valence-electron chi connectivity index (χ3n) is 8.73. The number of fused-ring (bicyclic) bond motifs is 2. The number of rotatable bonds is 6. The third-order valence-corrected chi connectivity index (χ3v) is 8.73. The second kappa shape index (κ2) is 10.8. The maximum absolute atomic E-state index is 13.7. The summed E-state index contributed by atoms with van der Waals surface area (Å²) in [6, 6.07) is 4.41. The molecular weight excluding hydrogens is 547 g/mol. The van der Waals surface area contributed by atoms with Gasteiger partial charge in [0.15, 0.2) is 5.69 Å². The number of halogens is 1. The largest absolute Gasteiger partial charge is 0.501 e. The van der Waals surface area contributed by atoms with E-state index < -0.39 is 45.7 Å². The van der Waals surface area contributed by atoms with Gasteiger partial charge in [-0.1, -0.05) is 12.1 Å². The molecule has 224 valence electrons. The Hall–Kier alpha value is -4.33. The molecule has 0 spiro atoms. The summed E-state index contributed by atoms with van der Waals surface area (Å²) in [4.78, 5) is 64.4. The number of hydrogen-bond acceptors (Lipinski definition) is 9. The summed E-state index contributed by atoms with van der Waals surface area (Å²) in [5, 5.41) is 15.5. The maximum Gasteiger partial charge on any atom is 0.312 e. The Bertz CT molecular complexity index is 1520. The number of aromatic hydroxyl groups is 1. The molecule has 6 rings (SSSR count). The first-order chi connectivity index (χ1) is 19.9. The topological polar surface area (TPSA) is 152 Å². The molecule has 2 aromatic rings. The molecule has 3 aliphatic heterocycles. The van der Waals surface area contributed by atoms with Gasteiger partial charge in [0.1, 0.15) is 23.8 Å². The zero-order valence-electron chi connectivity index (χ0n) is 24.1. The highest BCUT2D eigenvalue weighted by molar-refractivity contribution is 6.34.